The first-order valence-electron chi connectivity index (χ1n) is 6.21. The third-order valence-corrected chi connectivity index (χ3v) is 5.21. The monoisotopic (exact) mass is 315 g/mol. The van der Waals surface area contributed by atoms with E-state index in [2.05, 4.69) is 0 Å². The standard InChI is InChI=1S/C13H21N3O2S2/c1-16(6-8-19-2)7-9-20(17,18)12-5-3-4-11(10-12)13(14)15/h3-5,10H,6-9H2,1-2H3,(H3,14,15). The number of sulfone groups is 1. The number of hydrogen-bond acceptors (Lipinski definition) is 5. The van der Waals surface area contributed by atoms with Crippen molar-refractivity contribution < 1.29 is 8.42 Å². The lowest BCUT2D eigenvalue weighted by atomic mass is 10.2. The molecule has 7 heteroatoms. The van der Waals surface area contributed by atoms with Crippen LogP contribution in [-0.2, 0) is 9.84 Å². The summed E-state index contributed by atoms with van der Waals surface area (Å²) >= 11 is 1.74. The van der Waals surface area contributed by atoms with Gasteiger partial charge in [0.2, 0.25) is 0 Å². The Hall–Kier alpha value is -1.05. The van der Waals surface area contributed by atoms with Gasteiger partial charge in [0, 0.05) is 24.4 Å². The highest BCUT2D eigenvalue weighted by atomic mass is 32.2. The zero-order valence-electron chi connectivity index (χ0n) is 11.8. The number of nitrogens with zero attached hydrogens (tertiary/aromatic N) is 1. The molecule has 0 aromatic heterocycles. The number of nitrogens with two attached hydrogens (primary N) is 1. The summed E-state index contributed by atoms with van der Waals surface area (Å²) in [4.78, 5) is 2.23. The van der Waals surface area contributed by atoms with Gasteiger partial charge >= 0.3 is 0 Å². The third kappa shape index (κ3) is 5.15. The van der Waals surface area contributed by atoms with Crippen LogP contribution in [0, 0.1) is 5.41 Å². The molecule has 1 aromatic rings. The average molecular weight is 315 g/mol. The molecule has 0 amide bonds. The minimum atomic E-state index is -3.34. The lowest BCUT2D eigenvalue weighted by molar-refractivity contribution is 0.376. The smallest absolute Gasteiger partial charge is 0.179 e. The molecule has 112 valence electrons. The molecule has 0 fully saturated rings. The molecule has 0 bridgehead atoms. The number of nitrogen functional groups attached to an aromatic ring is 1. The molecule has 0 aliphatic heterocycles. The number of rotatable bonds is 8. The van der Waals surface area contributed by atoms with Crippen LogP contribution in [-0.4, -0.2) is 57.1 Å². The van der Waals surface area contributed by atoms with Gasteiger partial charge in [-0.1, -0.05) is 12.1 Å². The maximum absolute atomic E-state index is 12.2. The van der Waals surface area contributed by atoms with Crippen LogP contribution in [0.5, 0.6) is 0 Å². The van der Waals surface area contributed by atoms with Gasteiger partial charge in [0.05, 0.1) is 10.6 Å². The number of thioether (sulfide) groups is 1. The molecule has 0 atom stereocenters. The fourth-order valence-corrected chi connectivity index (χ4v) is 3.48. The quantitative estimate of drug-likeness (QED) is 0.553. The van der Waals surface area contributed by atoms with E-state index in [1.807, 2.05) is 18.2 Å². The minimum absolute atomic E-state index is 0.0687. The Labute approximate surface area is 125 Å². The van der Waals surface area contributed by atoms with E-state index in [0.717, 1.165) is 12.3 Å². The summed E-state index contributed by atoms with van der Waals surface area (Å²) < 4.78 is 24.5. The Morgan fingerprint density at radius 2 is 2.10 bits per heavy atom. The van der Waals surface area contributed by atoms with Gasteiger partial charge in [-0.25, -0.2) is 8.42 Å². The van der Waals surface area contributed by atoms with Gasteiger partial charge in [-0.3, -0.25) is 5.41 Å². The first kappa shape index (κ1) is 17.0. The van der Waals surface area contributed by atoms with E-state index >= 15 is 0 Å². The van der Waals surface area contributed by atoms with Crippen molar-refractivity contribution in [1.29, 1.82) is 5.41 Å². The zero-order chi connectivity index (χ0) is 15.2. The van der Waals surface area contributed by atoms with E-state index in [9.17, 15) is 8.42 Å². The summed E-state index contributed by atoms with van der Waals surface area (Å²) in [5, 5.41) is 7.36. The van der Waals surface area contributed by atoms with Crippen molar-refractivity contribution >= 4 is 27.4 Å². The predicted molar refractivity (Wildman–Crippen MR) is 85.4 cm³/mol. The van der Waals surface area contributed by atoms with Gasteiger partial charge in [0.15, 0.2) is 9.84 Å². The maximum atomic E-state index is 12.2. The maximum Gasteiger partial charge on any atom is 0.179 e. The molecule has 0 unspecified atom stereocenters. The highest BCUT2D eigenvalue weighted by Gasteiger charge is 2.16. The van der Waals surface area contributed by atoms with E-state index < -0.39 is 9.84 Å². The van der Waals surface area contributed by atoms with Gasteiger partial charge in [0.1, 0.15) is 5.84 Å². The predicted octanol–water partition coefficient (Wildman–Crippen LogP) is 1.04. The van der Waals surface area contributed by atoms with Gasteiger partial charge in [-0.15, -0.1) is 0 Å². The van der Waals surface area contributed by atoms with Crippen LogP contribution >= 0.6 is 11.8 Å². The molecule has 20 heavy (non-hydrogen) atoms. The number of benzene rings is 1. The first-order valence-corrected chi connectivity index (χ1v) is 9.26. The number of amidine groups is 1. The molecule has 0 saturated heterocycles. The van der Waals surface area contributed by atoms with E-state index in [-0.39, 0.29) is 16.5 Å². The fraction of sp³-hybridized carbons (Fsp3) is 0.462. The Balaban J connectivity index is 2.74. The van der Waals surface area contributed by atoms with Gasteiger partial charge in [-0.2, -0.15) is 11.8 Å². The van der Waals surface area contributed by atoms with E-state index in [0.29, 0.717) is 12.1 Å². The lowest BCUT2D eigenvalue weighted by Crippen LogP contribution is -2.27. The summed E-state index contributed by atoms with van der Waals surface area (Å²) in [7, 11) is -1.42. The first-order chi connectivity index (χ1) is 9.36. The van der Waals surface area contributed by atoms with Crippen LogP contribution < -0.4 is 5.73 Å². The van der Waals surface area contributed by atoms with E-state index in [4.69, 9.17) is 11.1 Å². The molecular formula is C13H21N3O2S2. The molecule has 1 aromatic carbocycles. The molecule has 0 saturated carbocycles. The van der Waals surface area contributed by atoms with Crippen molar-refractivity contribution in [2.24, 2.45) is 5.73 Å². The summed E-state index contributed by atoms with van der Waals surface area (Å²) in [6, 6.07) is 6.25. The summed E-state index contributed by atoms with van der Waals surface area (Å²) in [6.45, 7) is 1.36. The Kier molecular flexibility index (Phi) is 6.51. The molecule has 0 aliphatic carbocycles. The van der Waals surface area contributed by atoms with Crippen molar-refractivity contribution in [3.63, 3.8) is 0 Å². The van der Waals surface area contributed by atoms with Crippen molar-refractivity contribution in [3.8, 4) is 0 Å². The SMILES string of the molecule is CSCCN(C)CCS(=O)(=O)c1cccc(C(=N)N)c1. The molecule has 0 aliphatic rings. The molecule has 0 heterocycles. The molecule has 5 nitrogen and oxygen atoms in total. The topological polar surface area (TPSA) is 87.2 Å². The second-order valence-corrected chi connectivity index (χ2v) is 7.65. The minimum Gasteiger partial charge on any atom is -0.384 e. The largest absolute Gasteiger partial charge is 0.384 e. The van der Waals surface area contributed by atoms with Gasteiger partial charge in [0.25, 0.3) is 0 Å². The van der Waals surface area contributed by atoms with E-state index in [1.165, 1.54) is 6.07 Å². The Morgan fingerprint density at radius 3 is 2.70 bits per heavy atom. The van der Waals surface area contributed by atoms with Crippen LogP contribution in [0.1, 0.15) is 5.56 Å². The summed E-state index contributed by atoms with van der Waals surface area (Å²) in [5.41, 5.74) is 5.81. The third-order valence-electron chi connectivity index (χ3n) is 2.92. The molecule has 3 N–H and O–H groups in total. The Morgan fingerprint density at radius 1 is 1.40 bits per heavy atom. The van der Waals surface area contributed by atoms with E-state index in [1.54, 1.807) is 30.0 Å². The van der Waals surface area contributed by atoms with Crippen LogP contribution in [0.25, 0.3) is 0 Å². The second kappa shape index (κ2) is 7.66. The average Bonchev–Trinajstić information content (AvgIpc) is 2.43. The van der Waals surface area contributed by atoms with Crippen LogP contribution in [0.2, 0.25) is 0 Å². The van der Waals surface area contributed by atoms with Gasteiger partial charge in [-0.05, 0) is 25.4 Å². The molecule has 0 radical (unpaired) electrons. The highest BCUT2D eigenvalue weighted by molar-refractivity contribution is 7.98. The van der Waals surface area contributed by atoms with Crippen molar-refractivity contribution in [2.45, 2.75) is 4.90 Å². The summed E-state index contributed by atoms with van der Waals surface area (Å²) in [5.74, 6) is 0.925. The second-order valence-electron chi connectivity index (χ2n) is 4.56. The van der Waals surface area contributed by atoms with Crippen LogP contribution in [0.3, 0.4) is 0 Å². The van der Waals surface area contributed by atoms with Crippen LogP contribution in [0.15, 0.2) is 29.2 Å². The highest BCUT2D eigenvalue weighted by Crippen LogP contribution is 2.13. The molecular weight excluding hydrogens is 294 g/mol. The van der Waals surface area contributed by atoms with Crippen molar-refractivity contribution in [2.75, 3.05) is 37.9 Å². The normalized spacial score (nSPS) is 11.8. The zero-order valence-corrected chi connectivity index (χ0v) is 13.4. The Bertz CT molecular complexity index is 558. The lowest BCUT2D eigenvalue weighted by Gasteiger charge is -2.15. The number of nitrogens with one attached hydrogen (secondary N) is 1. The van der Waals surface area contributed by atoms with Gasteiger partial charge < -0.3 is 10.6 Å². The number of hydrogen-bond donors (Lipinski definition) is 2. The molecule has 0 spiro atoms. The summed E-state index contributed by atoms with van der Waals surface area (Å²) in [6.07, 6.45) is 2.03. The van der Waals surface area contributed by atoms with Crippen molar-refractivity contribution in [3.05, 3.63) is 29.8 Å². The van der Waals surface area contributed by atoms with Crippen LogP contribution in [0.4, 0.5) is 0 Å². The van der Waals surface area contributed by atoms with Crippen molar-refractivity contribution in [1.82, 2.24) is 4.90 Å². The molecule has 1 rings (SSSR count). The fourth-order valence-electron chi connectivity index (χ4n) is 1.61.